The Morgan fingerprint density at radius 1 is 1.07 bits per heavy atom. The van der Waals surface area contributed by atoms with Gasteiger partial charge in [-0.1, -0.05) is 18.6 Å². The Labute approximate surface area is 230 Å². The molecule has 0 N–H and O–H groups in total. The molecule has 1 saturated heterocycles. The molecule has 1 aromatic carbocycles. The van der Waals surface area contributed by atoms with Gasteiger partial charge in [-0.05, 0) is 74.5 Å². The molecule has 1 aliphatic heterocycles. The maximum Gasteiger partial charge on any atom is 0.418 e. The second-order valence-electron chi connectivity index (χ2n) is 11.1. The molecule has 3 aromatic heterocycles. The lowest BCUT2D eigenvalue weighted by Crippen LogP contribution is -2.46. The van der Waals surface area contributed by atoms with Crippen LogP contribution >= 0.6 is 0 Å². The van der Waals surface area contributed by atoms with E-state index in [1.165, 1.54) is 16.8 Å². The Bertz CT molecular complexity index is 1570. The fourth-order valence-electron chi connectivity index (χ4n) is 6.35. The van der Waals surface area contributed by atoms with Crippen molar-refractivity contribution < 1.29 is 17.9 Å². The van der Waals surface area contributed by atoms with Crippen molar-refractivity contribution in [1.82, 2.24) is 28.6 Å². The minimum Gasteiger partial charge on any atom is -0.377 e. The summed E-state index contributed by atoms with van der Waals surface area (Å²) in [5, 5.41) is 8.44. The quantitative estimate of drug-likeness (QED) is 0.324. The van der Waals surface area contributed by atoms with Crippen molar-refractivity contribution in [1.29, 1.82) is 0 Å². The van der Waals surface area contributed by atoms with Crippen molar-refractivity contribution in [2.45, 2.75) is 62.8 Å². The van der Waals surface area contributed by atoms with Crippen LogP contribution in [0.15, 0.2) is 53.8 Å². The molecule has 0 amide bonds. The van der Waals surface area contributed by atoms with E-state index in [1.807, 2.05) is 29.8 Å². The number of methoxy groups -OCH3 is 1. The van der Waals surface area contributed by atoms with Crippen LogP contribution in [0.1, 0.15) is 67.0 Å². The van der Waals surface area contributed by atoms with Gasteiger partial charge in [0, 0.05) is 33.1 Å². The van der Waals surface area contributed by atoms with Gasteiger partial charge < -0.3 is 9.30 Å². The van der Waals surface area contributed by atoms with Gasteiger partial charge in [0.15, 0.2) is 0 Å². The number of aryl methyl sites for hydroxylation is 1. The SMILES string of the molecule is COC1(C(c2cccc(-n3cc4c(C(F)(F)F)cc(CN5CCCCC5)cn4c3=O)c2)c2nncn2C)CCC1. The monoisotopic (exact) mass is 554 g/mol. The Morgan fingerprint density at radius 3 is 2.48 bits per heavy atom. The summed E-state index contributed by atoms with van der Waals surface area (Å²) in [5.74, 6) is 0.475. The first kappa shape index (κ1) is 26.8. The predicted octanol–water partition coefficient (Wildman–Crippen LogP) is 4.92. The lowest BCUT2D eigenvalue weighted by atomic mass is 9.68. The topological polar surface area (TPSA) is 69.6 Å². The number of rotatable bonds is 7. The van der Waals surface area contributed by atoms with E-state index in [0.29, 0.717) is 17.8 Å². The highest BCUT2D eigenvalue weighted by Crippen LogP contribution is 2.49. The molecular weight excluding hydrogens is 521 g/mol. The van der Waals surface area contributed by atoms with Gasteiger partial charge in [-0.3, -0.25) is 13.9 Å². The zero-order chi connectivity index (χ0) is 28.1. The van der Waals surface area contributed by atoms with Gasteiger partial charge in [0.1, 0.15) is 12.2 Å². The van der Waals surface area contributed by atoms with Crippen LogP contribution in [0.3, 0.4) is 0 Å². The van der Waals surface area contributed by atoms with Crippen molar-refractivity contribution in [2.24, 2.45) is 7.05 Å². The number of hydrogen-bond donors (Lipinski definition) is 0. The largest absolute Gasteiger partial charge is 0.418 e. The van der Waals surface area contributed by atoms with Gasteiger partial charge in [0.05, 0.1) is 28.3 Å². The van der Waals surface area contributed by atoms with E-state index in [0.717, 1.165) is 67.4 Å². The number of ether oxygens (including phenoxy) is 1. The number of piperidine rings is 1. The number of nitrogens with zero attached hydrogens (tertiary/aromatic N) is 6. The lowest BCUT2D eigenvalue weighted by molar-refractivity contribution is -0.136. The predicted molar refractivity (Wildman–Crippen MR) is 144 cm³/mol. The highest BCUT2D eigenvalue weighted by Gasteiger charge is 2.48. The molecule has 0 spiro atoms. The molecule has 6 rings (SSSR count). The Kier molecular flexibility index (Phi) is 6.82. The molecule has 4 heterocycles. The van der Waals surface area contributed by atoms with E-state index >= 15 is 0 Å². The lowest BCUT2D eigenvalue weighted by Gasteiger charge is -2.46. The van der Waals surface area contributed by atoms with E-state index in [4.69, 9.17) is 4.74 Å². The fraction of sp³-hybridized carbons (Fsp3) is 0.483. The summed E-state index contributed by atoms with van der Waals surface area (Å²) in [7, 11) is 3.57. The van der Waals surface area contributed by atoms with Gasteiger partial charge >= 0.3 is 11.9 Å². The number of halogens is 3. The van der Waals surface area contributed by atoms with E-state index in [1.54, 1.807) is 25.7 Å². The van der Waals surface area contributed by atoms with Crippen molar-refractivity contribution in [2.75, 3.05) is 20.2 Å². The maximum absolute atomic E-state index is 14.2. The van der Waals surface area contributed by atoms with Gasteiger partial charge in [-0.25, -0.2) is 4.79 Å². The summed E-state index contributed by atoms with van der Waals surface area (Å²) in [6, 6.07) is 8.53. The highest BCUT2D eigenvalue weighted by molar-refractivity contribution is 5.58. The normalized spacial score (nSPS) is 18.6. The Balaban J connectivity index is 1.45. The summed E-state index contributed by atoms with van der Waals surface area (Å²) in [4.78, 5) is 15.8. The summed E-state index contributed by atoms with van der Waals surface area (Å²) in [6.07, 6.45) is 5.78. The standard InChI is InChI=1S/C29H33F3N6O2/c1-35-19-33-34-26(35)25(28(40-2)10-7-11-28)21-8-6-9-22(15-21)37-18-24-23(29(30,31)32)14-20(17-38(24)27(37)39)16-36-12-4-3-5-13-36/h6,8-9,14-15,17-19,25H,3-5,7,10-13,16H2,1-2H3. The first-order valence-electron chi connectivity index (χ1n) is 13.8. The van der Waals surface area contributed by atoms with Crippen molar-refractivity contribution in [3.63, 3.8) is 0 Å². The number of likely N-dealkylation sites (tertiary alicyclic amines) is 1. The van der Waals surface area contributed by atoms with E-state index in [9.17, 15) is 18.0 Å². The number of fused-ring (bicyclic) bond motifs is 1. The van der Waals surface area contributed by atoms with Crippen LogP contribution in [0.5, 0.6) is 0 Å². The summed E-state index contributed by atoms with van der Waals surface area (Å²) < 4.78 is 53.0. The van der Waals surface area contributed by atoms with Crippen LogP contribution in [0.4, 0.5) is 13.2 Å². The Morgan fingerprint density at radius 2 is 1.85 bits per heavy atom. The second kappa shape index (κ2) is 10.2. The first-order chi connectivity index (χ1) is 19.2. The minimum atomic E-state index is -4.60. The van der Waals surface area contributed by atoms with Crippen LogP contribution in [0.25, 0.3) is 11.2 Å². The second-order valence-corrected chi connectivity index (χ2v) is 11.1. The van der Waals surface area contributed by atoms with Crippen LogP contribution in [-0.2, 0) is 24.5 Å². The van der Waals surface area contributed by atoms with E-state index in [-0.39, 0.29) is 11.4 Å². The smallest absolute Gasteiger partial charge is 0.377 e. The van der Waals surface area contributed by atoms with Crippen molar-refractivity contribution in [3.8, 4) is 5.69 Å². The zero-order valence-corrected chi connectivity index (χ0v) is 22.7. The third-order valence-corrected chi connectivity index (χ3v) is 8.60. The molecule has 1 saturated carbocycles. The first-order valence-corrected chi connectivity index (χ1v) is 13.8. The molecule has 8 nitrogen and oxygen atoms in total. The number of imidazole rings is 1. The molecule has 0 radical (unpaired) electrons. The van der Waals surface area contributed by atoms with Crippen LogP contribution in [0.2, 0.25) is 0 Å². The molecule has 212 valence electrons. The third-order valence-electron chi connectivity index (χ3n) is 8.60. The number of pyridine rings is 1. The van der Waals surface area contributed by atoms with Gasteiger partial charge in [-0.15, -0.1) is 10.2 Å². The zero-order valence-electron chi connectivity index (χ0n) is 22.7. The average Bonchev–Trinajstić information content (AvgIpc) is 3.48. The molecule has 2 fully saturated rings. The van der Waals surface area contributed by atoms with Gasteiger partial charge in [0.2, 0.25) is 0 Å². The van der Waals surface area contributed by atoms with Gasteiger partial charge in [0.25, 0.3) is 0 Å². The van der Waals surface area contributed by atoms with Crippen molar-refractivity contribution in [3.05, 3.63) is 82.1 Å². The maximum atomic E-state index is 14.2. The molecule has 11 heteroatoms. The number of aromatic nitrogens is 5. The summed E-state index contributed by atoms with van der Waals surface area (Å²) >= 11 is 0. The molecule has 1 atom stereocenters. The van der Waals surface area contributed by atoms with Crippen molar-refractivity contribution >= 4 is 5.52 Å². The average molecular weight is 555 g/mol. The van der Waals surface area contributed by atoms with Crippen LogP contribution in [0, 0.1) is 0 Å². The van der Waals surface area contributed by atoms with E-state index in [2.05, 4.69) is 15.1 Å². The van der Waals surface area contributed by atoms with Crippen LogP contribution in [-0.4, -0.2) is 54.4 Å². The molecular formula is C29H33F3N6O2. The molecule has 40 heavy (non-hydrogen) atoms. The minimum absolute atomic E-state index is 0.164. The molecule has 1 aliphatic carbocycles. The molecule has 2 aliphatic rings. The van der Waals surface area contributed by atoms with Crippen LogP contribution < -0.4 is 5.69 Å². The third kappa shape index (κ3) is 4.64. The summed E-state index contributed by atoms with van der Waals surface area (Å²) in [5.41, 5.74) is -0.166. The van der Waals surface area contributed by atoms with Gasteiger partial charge in [-0.2, -0.15) is 13.2 Å². The number of benzene rings is 1. The molecule has 0 bridgehead atoms. The summed E-state index contributed by atoms with van der Waals surface area (Å²) in [6.45, 7) is 2.07. The molecule has 1 unspecified atom stereocenters. The van der Waals surface area contributed by atoms with E-state index < -0.39 is 23.0 Å². The Hall–Kier alpha value is -3.44. The number of alkyl halides is 3. The highest BCUT2D eigenvalue weighted by atomic mass is 19.4. The molecule has 4 aromatic rings. The fourth-order valence-corrected chi connectivity index (χ4v) is 6.35. The number of hydrogen-bond acceptors (Lipinski definition) is 5.